The number of piperidine rings is 1. The molecule has 2 amide bonds. The summed E-state index contributed by atoms with van der Waals surface area (Å²) in [6.07, 6.45) is 1.97. The van der Waals surface area contributed by atoms with Crippen molar-refractivity contribution in [2.24, 2.45) is 0 Å². The maximum atomic E-state index is 13.8. The van der Waals surface area contributed by atoms with E-state index in [-0.39, 0.29) is 17.9 Å². The third kappa shape index (κ3) is 5.03. The molecule has 2 aromatic rings. The SMILES string of the molecule is CN(Cc1ccsc1)C(=O)N[C@H]1CCCN(Cc2ccccc2F)C1. The van der Waals surface area contributed by atoms with E-state index < -0.39 is 0 Å². The van der Waals surface area contributed by atoms with Gasteiger partial charge in [-0.2, -0.15) is 11.3 Å². The van der Waals surface area contributed by atoms with Crippen LogP contribution in [0.2, 0.25) is 0 Å². The van der Waals surface area contributed by atoms with Crippen LogP contribution in [0.25, 0.3) is 0 Å². The highest BCUT2D eigenvalue weighted by molar-refractivity contribution is 7.07. The van der Waals surface area contributed by atoms with Crippen molar-refractivity contribution in [3.05, 3.63) is 58.0 Å². The van der Waals surface area contributed by atoms with Gasteiger partial charge in [0.15, 0.2) is 0 Å². The first-order valence-corrected chi connectivity index (χ1v) is 9.54. The van der Waals surface area contributed by atoms with Gasteiger partial charge in [0.05, 0.1) is 0 Å². The fourth-order valence-electron chi connectivity index (χ4n) is 3.20. The largest absolute Gasteiger partial charge is 0.334 e. The summed E-state index contributed by atoms with van der Waals surface area (Å²) in [7, 11) is 1.81. The predicted molar refractivity (Wildman–Crippen MR) is 99.0 cm³/mol. The van der Waals surface area contributed by atoms with E-state index in [2.05, 4.69) is 15.6 Å². The summed E-state index contributed by atoms with van der Waals surface area (Å²) in [5, 5.41) is 7.19. The molecule has 2 heterocycles. The molecule has 0 unspecified atom stereocenters. The van der Waals surface area contributed by atoms with Gasteiger partial charge in [-0.15, -0.1) is 0 Å². The Morgan fingerprint density at radius 1 is 1.40 bits per heavy atom. The van der Waals surface area contributed by atoms with Crippen LogP contribution in [-0.4, -0.2) is 42.0 Å². The Bertz CT molecular complexity index is 692. The molecule has 0 aliphatic carbocycles. The maximum Gasteiger partial charge on any atom is 0.317 e. The summed E-state index contributed by atoms with van der Waals surface area (Å²) in [6, 6.07) is 8.99. The molecule has 1 aliphatic rings. The van der Waals surface area contributed by atoms with Gasteiger partial charge in [-0.25, -0.2) is 9.18 Å². The molecule has 4 nitrogen and oxygen atoms in total. The lowest BCUT2D eigenvalue weighted by atomic mass is 10.0. The number of rotatable bonds is 5. The number of carbonyl (C=O) groups excluding carboxylic acids is 1. The Morgan fingerprint density at radius 3 is 3.00 bits per heavy atom. The average Bonchev–Trinajstić information content (AvgIpc) is 3.10. The summed E-state index contributed by atoms with van der Waals surface area (Å²) < 4.78 is 13.8. The van der Waals surface area contributed by atoms with Crippen LogP contribution in [0.3, 0.4) is 0 Å². The lowest BCUT2D eigenvalue weighted by Gasteiger charge is -2.34. The summed E-state index contributed by atoms with van der Waals surface area (Å²) in [5.41, 5.74) is 1.86. The van der Waals surface area contributed by atoms with Gasteiger partial charge in [0.25, 0.3) is 0 Å². The first-order chi connectivity index (χ1) is 12.1. The molecule has 0 saturated carbocycles. The van der Waals surface area contributed by atoms with Crippen LogP contribution in [0, 0.1) is 5.82 Å². The number of benzene rings is 1. The Balaban J connectivity index is 1.51. The minimum Gasteiger partial charge on any atom is -0.334 e. The van der Waals surface area contributed by atoms with Crippen LogP contribution < -0.4 is 5.32 Å². The predicted octanol–water partition coefficient (Wildman–Crippen LogP) is 3.69. The molecular formula is C19H24FN3OS. The fraction of sp³-hybridized carbons (Fsp3) is 0.421. The normalized spacial score (nSPS) is 18.1. The van der Waals surface area contributed by atoms with E-state index in [4.69, 9.17) is 0 Å². The summed E-state index contributed by atoms with van der Waals surface area (Å²) in [4.78, 5) is 16.3. The van der Waals surface area contributed by atoms with Crippen LogP contribution in [-0.2, 0) is 13.1 Å². The first-order valence-electron chi connectivity index (χ1n) is 8.60. The molecule has 3 rings (SSSR count). The topological polar surface area (TPSA) is 35.6 Å². The Hall–Kier alpha value is -1.92. The van der Waals surface area contributed by atoms with E-state index in [9.17, 15) is 9.18 Å². The highest BCUT2D eigenvalue weighted by Crippen LogP contribution is 2.16. The summed E-state index contributed by atoms with van der Waals surface area (Å²) in [6.45, 7) is 2.89. The third-order valence-corrected chi connectivity index (χ3v) is 5.26. The van der Waals surface area contributed by atoms with Crippen molar-refractivity contribution in [1.29, 1.82) is 0 Å². The van der Waals surface area contributed by atoms with Gasteiger partial charge in [0, 0.05) is 38.3 Å². The van der Waals surface area contributed by atoms with Crippen molar-refractivity contribution in [2.45, 2.75) is 32.0 Å². The maximum absolute atomic E-state index is 13.8. The van der Waals surface area contributed by atoms with Gasteiger partial charge >= 0.3 is 6.03 Å². The van der Waals surface area contributed by atoms with Crippen molar-refractivity contribution in [1.82, 2.24) is 15.1 Å². The van der Waals surface area contributed by atoms with Crippen molar-refractivity contribution < 1.29 is 9.18 Å². The van der Waals surface area contributed by atoms with Crippen molar-refractivity contribution in [3.8, 4) is 0 Å². The molecule has 1 saturated heterocycles. The van der Waals surface area contributed by atoms with Gasteiger partial charge in [-0.1, -0.05) is 18.2 Å². The minimum absolute atomic E-state index is 0.0519. The number of hydrogen-bond acceptors (Lipinski definition) is 3. The lowest BCUT2D eigenvalue weighted by molar-refractivity contribution is 0.166. The molecule has 0 spiro atoms. The van der Waals surface area contributed by atoms with Crippen molar-refractivity contribution >= 4 is 17.4 Å². The van der Waals surface area contributed by atoms with Gasteiger partial charge in [-0.05, 0) is 47.8 Å². The minimum atomic E-state index is -0.163. The van der Waals surface area contributed by atoms with E-state index in [0.29, 0.717) is 18.7 Å². The van der Waals surface area contributed by atoms with E-state index >= 15 is 0 Å². The Kier molecular flexibility index (Phi) is 6.04. The molecule has 134 valence electrons. The molecular weight excluding hydrogens is 337 g/mol. The number of carbonyl (C=O) groups is 1. The zero-order valence-corrected chi connectivity index (χ0v) is 15.3. The van der Waals surface area contributed by atoms with Gasteiger partial charge in [0.2, 0.25) is 0 Å². The van der Waals surface area contributed by atoms with E-state index in [0.717, 1.165) is 31.5 Å². The molecule has 0 radical (unpaired) electrons. The third-order valence-electron chi connectivity index (χ3n) is 4.53. The molecule has 0 bridgehead atoms. The fourth-order valence-corrected chi connectivity index (χ4v) is 3.86. The Labute approximate surface area is 152 Å². The van der Waals surface area contributed by atoms with Crippen LogP contribution in [0.4, 0.5) is 9.18 Å². The first kappa shape index (κ1) is 17.9. The number of thiophene rings is 1. The van der Waals surface area contributed by atoms with Crippen LogP contribution in [0.15, 0.2) is 41.1 Å². The summed E-state index contributed by atoms with van der Waals surface area (Å²) in [5.74, 6) is -0.163. The monoisotopic (exact) mass is 361 g/mol. The highest BCUT2D eigenvalue weighted by atomic mass is 32.1. The van der Waals surface area contributed by atoms with Crippen molar-refractivity contribution in [3.63, 3.8) is 0 Å². The second kappa shape index (κ2) is 8.45. The molecule has 1 aliphatic heterocycles. The van der Waals surface area contributed by atoms with Crippen LogP contribution in [0.1, 0.15) is 24.0 Å². The van der Waals surface area contributed by atoms with Gasteiger partial charge in [0.1, 0.15) is 5.82 Å². The van der Waals surface area contributed by atoms with Gasteiger partial charge < -0.3 is 10.2 Å². The van der Waals surface area contributed by atoms with E-state index in [1.165, 1.54) is 6.07 Å². The molecule has 6 heteroatoms. The number of hydrogen-bond donors (Lipinski definition) is 1. The Morgan fingerprint density at radius 2 is 2.24 bits per heavy atom. The standard InChI is InChI=1S/C19H24FN3OS/c1-22(11-15-8-10-25-14-15)19(24)21-17-6-4-9-23(13-17)12-16-5-2-3-7-18(16)20/h2-3,5,7-8,10,14,17H,4,6,9,11-13H2,1H3,(H,21,24)/t17-/m0/s1. The lowest BCUT2D eigenvalue weighted by Crippen LogP contribution is -2.50. The summed E-state index contributed by atoms with van der Waals surface area (Å²) >= 11 is 1.64. The van der Waals surface area contributed by atoms with Crippen molar-refractivity contribution in [2.75, 3.05) is 20.1 Å². The number of urea groups is 1. The van der Waals surface area contributed by atoms with E-state index in [1.54, 1.807) is 22.3 Å². The quantitative estimate of drug-likeness (QED) is 0.881. The zero-order valence-electron chi connectivity index (χ0n) is 14.5. The number of amides is 2. The van der Waals surface area contributed by atoms with E-state index in [1.807, 2.05) is 30.6 Å². The number of halogens is 1. The number of likely N-dealkylation sites (tertiary alicyclic amines) is 1. The molecule has 1 fully saturated rings. The zero-order chi connectivity index (χ0) is 17.6. The van der Waals surface area contributed by atoms with Crippen LogP contribution >= 0.6 is 11.3 Å². The second-order valence-corrected chi connectivity index (χ2v) is 7.38. The van der Waals surface area contributed by atoms with Crippen LogP contribution in [0.5, 0.6) is 0 Å². The average molecular weight is 361 g/mol. The molecule has 1 atom stereocenters. The molecule has 1 aromatic carbocycles. The molecule has 25 heavy (non-hydrogen) atoms. The highest BCUT2D eigenvalue weighted by Gasteiger charge is 2.23. The molecule has 1 aromatic heterocycles. The smallest absolute Gasteiger partial charge is 0.317 e. The second-order valence-electron chi connectivity index (χ2n) is 6.60. The van der Waals surface area contributed by atoms with Gasteiger partial charge in [-0.3, -0.25) is 4.90 Å². The number of nitrogens with one attached hydrogen (secondary N) is 1. The number of nitrogens with zero attached hydrogens (tertiary/aromatic N) is 2. The molecule has 1 N–H and O–H groups in total.